The van der Waals surface area contributed by atoms with Crippen LogP contribution in [0.15, 0.2) is 24.3 Å². The van der Waals surface area contributed by atoms with Crippen LogP contribution in [0.2, 0.25) is 5.02 Å². The quantitative estimate of drug-likeness (QED) is 0.702. The van der Waals surface area contributed by atoms with Crippen molar-refractivity contribution in [1.29, 1.82) is 0 Å². The third kappa shape index (κ3) is 1.81. The molecule has 0 unspecified atom stereocenters. The molecule has 0 radical (unpaired) electrons. The van der Waals surface area contributed by atoms with E-state index >= 15 is 0 Å². The van der Waals surface area contributed by atoms with E-state index in [4.69, 9.17) is 14.4 Å². The fourth-order valence-corrected chi connectivity index (χ4v) is 1.30. The Kier molecular flexibility index (Phi) is 2.75. The van der Waals surface area contributed by atoms with Crippen LogP contribution < -0.4 is 2.81 Å². The summed E-state index contributed by atoms with van der Waals surface area (Å²) in [4.78, 5) is 0. The van der Waals surface area contributed by atoms with Crippen LogP contribution in [0.4, 0.5) is 0 Å². The van der Waals surface area contributed by atoms with Crippen LogP contribution in [-0.4, -0.2) is 0 Å². The summed E-state index contributed by atoms with van der Waals surface area (Å²) in [5, 5.41) is 0.675. The normalized spacial score (nSPS) is 8.89. The second-order valence-electron chi connectivity index (χ2n) is 1.53. The summed E-state index contributed by atoms with van der Waals surface area (Å²) in [7, 11) is 0. The predicted octanol–water partition coefficient (Wildman–Crippen LogP) is 2.18. The standard InChI is InChI=1S/C6H5ClO.Zr/c7-5-3-1-2-4-6(5)8;/h1-4,8H;/q;+1/p-1. The molecule has 1 nitrogen and oxygen atoms in total. The van der Waals surface area contributed by atoms with Gasteiger partial charge in [-0.05, 0) is 0 Å². The molecule has 0 saturated heterocycles. The number of hydrogen-bond acceptors (Lipinski definition) is 1. The molecule has 1 aromatic carbocycles. The zero-order valence-corrected chi connectivity index (χ0v) is 7.81. The zero-order valence-electron chi connectivity index (χ0n) is 4.60. The number of hydrogen-bond donors (Lipinski definition) is 0. The average molecular weight is 219 g/mol. The molecule has 1 rings (SSSR count). The molecule has 0 fully saturated rings. The zero-order chi connectivity index (χ0) is 6.69. The van der Waals surface area contributed by atoms with Crippen molar-refractivity contribution in [3.63, 3.8) is 0 Å². The molecule has 0 aliphatic heterocycles. The Morgan fingerprint density at radius 3 is 2.44 bits per heavy atom. The van der Waals surface area contributed by atoms with Gasteiger partial charge in [-0.3, -0.25) is 0 Å². The van der Waals surface area contributed by atoms with Crippen molar-refractivity contribution in [2.45, 2.75) is 0 Å². The molecule has 45 valence electrons. The second kappa shape index (κ2) is 3.38. The van der Waals surface area contributed by atoms with Gasteiger partial charge < -0.3 is 0 Å². The van der Waals surface area contributed by atoms with E-state index < -0.39 is 0 Å². The van der Waals surface area contributed by atoms with Crippen molar-refractivity contribution >= 4 is 11.6 Å². The Morgan fingerprint density at radius 2 is 2.00 bits per heavy atom. The van der Waals surface area contributed by atoms with Gasteiger partial charge in [-0.2, -0.15) is 0 Å². The first-order chi connectivity index (χ1) is 4.34. The SMILES string of the molecule is Clc1ccccc1[O][Zr]. The van der Waals surface area contributed by atoms with Gasteiger partial charge in [0.25, 0.3) is 0 Å². The second-order valence-corrected chi connectivity index (χ2v) is 2.44. The number of para-hydroxylation sites is 1. The van der Waals surface area contributed by atoms with E-state index in [-0.39, 0.29) is 0 Å². The van der Waals surface area contributed by atoms with Crippen LogP contribution in [0.3, 0.4) is 0 Å². The van der Waals surface area contributed by atoms with Crippen molar-refractivity contribution in [3.05, 3.63) is 29.3 Å². The molecule has 0 N–H and O–H groups in total. The van der Waals surface area contributed by atoms with Crippen molar-refractivity contribution < 1.29 is 28.0 Å². The van der Waals surface area contributed by atoms with Crippen molar-refractivity contribution in [2.24, 2.45) is 0 Å². The van der Waals surface area contributed by atoms with Crippen LogP contribution in [-0.2, 0) is 25.2 Å². The molecule has 0 bridgehead atoms. The molecule has 0 aliphatic rings. The van der Waals surface area contributed by atoms with E-state index in [1.165, 1.54) is 0 Å². The first-order valence-electron chi connectivity index (χ1n) is 2.42. The molecule has 0 spiro atoms. The van der Waals surface area contributed by atoms with E-state index in [0.29, 0.717) is 5.02 Å². The fraction of sp³-hybridized carbons (Fsp3) is 0. The van der Waals surface area contributed by atoms with Crippen molar-refractivity contribution in [1.82, 2.24) is 0 Å². The van der Waals surface area contributed by atoms with E-state index in [9.17, 15) is 0 Å². The molecular weight excluding hydrogens is 215 g/mol. The van der Waals surface area contributed by atoms with Crippen molar-refractivity contribution in [3.8, 4) is 5.75 Å². The minimum atomic E-state index is 0.675. The molecule has 9 heavy (non-hydrogen) atoms. The molecule has 0 aromatic heterocycles. The summed E-state index contributed by atoms with van der Waals surface area (Å²) in [5.74, 6) is 0.761. The van der Waals surface area contributed by atoms with Gasteiger partial charge in [0, 0.05) is 0 Å². The average Bonchev–Trinajstić information content (AvgIpc) is 1.89. The Labute approximate surface area is 74.4 Å². The number of rotatable bonds is 1. The monoisotopic (exact) mass is 217 g/mol. The Hall–Kier alpha value is 0.193. The molecular formula is C6H4ClOZr. The Balaban J connectivity index is 3.01. The summed E-state index contributed by atoms with van der Waals surface area (Å²) in [6.07, 6.45) is 0. The molecule has 0 atom stereocenters. The van der Waals surface area contributed by atoms with Crippen LogP contribution in [0.1, 0.15) is 0 Å². The molecule has 0 amide bonds. The maximum atomic E-state index is 5.71. The van der Waals surface area contributed by atoms with E-state index in [1.807, 2.05) is 18.2 Å². The van der Waals surface area contributed by atoms with Gasteiger partial charge in [0.05, 0.1) is 0 Å². The number of halogens is 1. The van der Waals surface area contributed by atoms with Gasteiger partial charge in [0.15, 0.2) is 0 Å². The first kappa shape index (κ1) is 7.30. The Bertz CT molecular complexity index is 202. The van der Waals surface area contributed by atoms with Crippen LogP contribution in [0, 0.1) is 0 Å². The summed E-state index contributed by atoms with van der Waals surface area (Å²) in [6.45, 7) is 0. The number of benzene rings is 1. The van der Waals surface area contributed by atoms with Crippen LogP contribution >= 0.6 is 11.6 Å². The summed E-state index contributed by atoms with van der Waals surface area (Å²) >= 11 is 6.72. The van der Waals surface area contributed by atoms with Gasteiger partial charge in [0.1, 0.15) is 0 Å². The third-order valence-corrected chi connectivity index (χ3v) is 1.80. The van der Waals surface area contributed by atoms with Gasteiger partial charge >= 0.3 is 74.6 Å². The summed E-state index contributed by atoms with van der Waals surface area (Å²) in [6, 6.07) is 7.42. The maximum absolute atomic E-state index is 5.71. The molecule has 0 saturated carbocycles. The topological polar surface area (TPSA) is 9.23 Å². The predicted molar refractivity (Wildman–Crippen MR) is 32.1 cm³/mol. The summed E-state index contributed by atoms with van der Waals surface area (Å²) < 4.78 is 5.00. The molecule has 1 aromatic rings. The Morgan fingerprint density at radius 1 is 1.33 bits per heavy atom. The van der Waals surface area contributed by atoms with Gasteiger partial charge in [-0.25, -0.2) is 0 Å². The minimum absolute atomic E-state index is 0.675. The van der Waals surface area contributed by atoms with Gasteiger partial charge in [-0.15, -0.1) is 0 Å². The van der Waals surface area contributed by atoms with E-state index in [1.54, 1.807) is 6.07 Å². The van der Waals surface area contributed by atoms with Crippen molar-refractivity contribution in [2.75, 3.05) is 0 Å². The first-order valence-corrected chi connectivity index (χ1v) is 3.81. The summed E-state index contributed by atoms with van der Waals surface area (Å²) in [5.41, 5.74) is 0. The van der Waals surface area contributed by atoms with Crippen LogP contribution in [0.25, 0.3) is 0 Å². The van der Waals surface area contributed by atoms with Crippen LogP contribution in [0.5, 0.6) is 5.75 Å². The molecule has 3 heteroatoms. The third-order valence-electron chi connectivity index (χ3n) is 0.947. The molecule has 0 heterocycles. The van der Waals surface area contributed by atoms with Gasteiger partial charge in [0.2, 0.25) is 0 Å². The van der Waals surface area contributed by atoms with E-state index in [0.717, 1.165) is 30.9 Å². The van der Waals surface area contributed by atoms with E-state index in [2.05, 4.69) is 0 Å². The fourth-order valence-electron chi connectivity index (χ4n) is 0.528. The molecule has 0 aliphatic carbocycles. The van der Waals surface area contributed by atoms with Gasteiger partial charge in [-0.1, -0.05) is 0 Å².